The van der Waals surface area contributed by atoms with E-state index in [4.69, 9.17) is 10.6 Å². The van der Waals surface area contributed by atoms with Crippen LogP contribution in [0.3, 0.4) is 0 Å². The van der Waals surface area contributed by atoms with E-state index in [1.165, 1.54) is 0 Å². The van der Waals surface area contributed by atoms with Gasteiger partial charge in [0.25, 0.3) is 0 Å². The number of rotatable bonds is 1. The molecule has 86 valence electrons. The first-order chi connectivity index (χ1) is 6.92. The van der Waals surface area contributed by atoms with Crippen LogP contribution in [0.1, 0.15) is 20.8 Å². The maximum Gasteiger partial charge on any atom is 0.410 e. The second kappa shape index (κ2) is 3.35. The van der Waals surface area contributed by atoms with Gasteiger partial charge in [-0.15, -0.1) is 0 Å². The Morgan fingerprint density at radius 1 is 1.40 bits per heavy atom. The van der Waals surface area contributed by atoms with Crippen LogP contribution in [0.25, 0.3) is 0 Å². The molecule has 2 unspecified atom stereocenters. The fourth-order valence-corrected chi connectivity index (χ4v) is 2.25. The van der Waals surface area contributed by atoms with Gasteiger partial charge in [-0.3, -0.25) is 11.3 Å². The van der Waals surface area contributed by atoms with Crippen LogP contribution < -0.4 is 11.3 Å². The third-order valence-electron chi connectivity index (χ3n) is 3.04. The van der Waals surface area contributed by atoms with Gasteiger partial charge in [-0.2, -0.15) is 0 Å². The summed E-state index contributed by atoms with van der Waals surface area (Å²) >= 11 is 0. The number of piperidine rings is 1. The fourth-order valence-electron chi connectivity index (χ4n) is 2.25. The number of fused-ring (bicyclic) bond motifs is 1. The van der Waals surface area contributed by atoms with E-state index in [1.807, 2.05) is 20.8 Å². The fraction of sp³-hybridized carbons (Fsp3) is 0.900. The second-order valence-corrected chi connectivity index (χ2v) is 5.41. The van der Waals surface area contributed by atoms with E-state index in [0.29, 0.717) is 17.9 Å². The van der Waals surface area contributed by atoms with Crippen LogP contribution in [-0.2, 0) is 4.74 Å². The van der Waals surface area contributed by atoms with E-state index in [-0.39, 0.29) is 6.09 Å². The summed E-state index contributed by atoms with van der Waals surface area (Å²) in [7, 11) is 0. The Morgan fingerprint density at radius 3 is 2.33 bits per heavy atom. The van der Waals surface area contributed by atoms with Gasteiger partial charge in [-0.25, -0.2) is 4.79 Å². The number of nitrogens with two attached hydrogens (primary N) is 1. The summed E-state index contributed by atoms with van der Waals surface area (Å²) in [6, 6.07) is 0.406. The van der Waals surface area contributed by atoms with Crippen molar-refractivity contribution in [1.29, 1.82) is 0 Å². The molecule has 1 saturated carbocycles. The minimum absolute atomic E-state index is 0.203. The van der Waals surface area contributed by atoms with E-state index in [2.05, 4.69) is 5.43 Å². The van der Waals surface area contributed by atoms with Gasteiger partial charge in [0, 0.05) is 19.1 Å². The Balaban J connectivity index is 1.82. The van der Waals surface area contributed by atoms with Gasteiger partial charge in [-0.05, 0) is 32.6 Å². The molecule has 0 spiro atoms. The van der Waals surface area contributed by atoms with Crippen molar-refractivity contribution in [3.05, 3.63) is 0 Å². The van der Waals surface area contributed by atoms with Crippen molar-refractivity contribution in [2.75, 3.05) is 13.1 Å². The normalized spacial score (nSPS) is 33.9. The maximum absolute atomic E-state index is 11.7. The van der Waals surface area contributed by atoms with E-state index < -0.39 is 5.60 Å². The van der Waals surface area contributed by atoms with Gasteiger partial charge < -0.3 is 9.64 Å². The number of hydrogen-bond donors (Lipinski definition) is 2. The summed E-state index contributed by atoms with van der Waals surface area (Å²) in [4.78, 5) is 13.4. The monoisotopic (exact) mass is 213 g/mol. The molecule has 5 nitrogen and oxygen atoms in total. The summed E-state index contributed by atoms with van der Waals surface area (Å²) in [5.41, 5.74) is 2.36. The van der Waals surface area contributed by atoms with Gasteiger partial charge in [-0.1, -0.05) is 0 Å². The van der Waals surface area contributed by atoms with Gasteiger partial charge in [0.05, 0.1) is 0 Å². The largest absolute Gasteiger partial charge is 0.444 e. The van der Waals surface area contributed by atoms with Crippen molar-refractivity contribution in [2.24, 2.45) is 17.7 Å². The zero-order valence-corrected chi connectivity index (χ0v) is 9.49. The Hall–Kier alpha value is -0.810. The quantitative estimate of drug-likeness (QED) is 0.486. The Labute approximate surface area is 89.9 Å². The minimum atomic E-state index is -0.407. The summed E-state index contributed by atoms with van der Waals surface area (Å²) in [5.74, 6) is 6.42. The molecule has 3 N–H and O–H groups in total. The van der Waals surface area contributed by atoms with Crippen molar-refractivity contribution in [1.82, 2.24) is 10.3 Å². The molecule has 1 saturated heterocycles. The molecule has 2 aliphatic rings. The van der Waals surface area contributed by atoms with Crippen LogP contribution >= 0.6 is 0 Å². The maximum atomic E-state index is 11.7. The van der Waals surface area contributed by atoms with Gasteiger partial charge in [0.1, 0.15) is 5.60 Å². The number of ether oxygens (including phenoxy) is 1. The molecule has 0 bridgehead atoms. The lowest BCUT2D eigenvalue weighted by Gasteiger charge is -2.25. The highest BCUT2D eigenvalue weighted by atomic mass is 16.6. The SMILES string of the molecule is CC(C)(C)OC(=O)N1CC2C(C1)C2NN. The van der Waals surface area contributed by atoms with E-state index in [1.54, 1.807) is 4.90 Å². The lowest BCUT2D eigenvalue weighted by Crippen LogP contribution is -2.40. The topological polar surface area (TPSA) is 67.6 Å². The molecule has 2 fully saturated rings. The highest BCUT2D eigenvalue weighted by Crippen LogP contribution is 2.45. The first kappa shape index (κ1) is 10.7. The van der Waals surface area contributed by atoms with Crippen molar-refractivity contribution >= 4 is 6.09 Å². The van der Waals surface area contributed by atoms with Crippen LogP contribution in [0.2, 0.25) is 0 Å². The minimum Gasteiger partial charge on any atom is -0.444 e. The summed E-state index contributed by atoms with van der Waals surface area (Å²) in [6.45, 7) is 7.19. The van der Waals surface area contributed by atoms with Crippen LogP contribution in [0.4, 0.5) is 4.79 Å². The number of amides is 1. The molecule has 1 heterocycles. The molecule has 5 heteroatoms. The molecule has 2 rings (SSSR count). The Bertz CT molecular complexity index is 262. The molecular formula is C10H19N3O2. The van der Waals surface area contributed by atoms with Crippen LogP contribution in [0.15, 0.2) is 0 Å². The standard InChI is InChI=1S/C10H19N3O2/c1-10(2,3)15-9(14)13-4-6-7(5-13)8(6)12-11/h6-8,12H,4-5,11H2,1-3H3. The third-order valence-corrected chi connectivity index (χ3v) is 3.04. The molecule has 2 atom stereocenters. The first-order valence-electron chi connectivity index (χ1n) is 5.36. The molecule has 0 radical (unpaired) electrons. The molecule has 1 amide bonds. The molecule has 1 aliphatic heterocycles. The lowest BCUT2D eigenvalue weighted by atomic mass is 10.2. The summed E-state index contributed by atoms with van der Waals surface area (Å²) in [5, 5.41) is 0. The van der Waals surface area contributed by atoms with Crippen molar-refractivity contribution in [2.45, 2.75) is 32.4 Å². The number of likely N-dealkylation sites (tertiary alicyclic amines) is 1. The van der Waals surface area contributed by atoms with Gasteiger partial charge in [0.2, 0.25) is 0 Å². The average Bonchev–Trinajstić information content (AvgIpc) is 2.54. The van der Waals surface area contributed by atoms with Crippen molar-refractivity contribution < 1.29 is 9.53 Å². The third kappa shape index (κ3) is 2.08. The van der Waals surface area contributed by atoms with Gasteiger partial charge in [0.15, 0.2) is 0 Å². The number of nitrogens with zero attached hydrogens (tertiary/aromatic N) is 1. The molecule has 0 aromatic carbocycles. The van der Waals surface area contributed by atoms with Crippen LogP contribution in [0.5, 0.6) is 0 Å². The molecular weight excluding hydrogens is 194 g/mol. The molecule has 15 heavy (non-hydrogen) atoms. The van der Waals surface area contributed by atoms with Crippen molar-refractivity contribution in [3.8, 4) is 0 Å². The van der Waals surface area contributed by atoms with E-state index in [9.17, 15) is 4.79 Å². The van der Waals surface area contributed by atoms with Crippen LogP contribution in [-0.4, -0.2) is 35.7 Å². The van der Waals surface area contributed by atoms with E-state index >= 15 is 0 Å². The molecule has 0 aromatic heterocycles. The number of nitrogens with one attached hydrogen (secondary N) is 1. The summed E-state index contributed by atoms with van der Waals surface area (Å²) < 4.78 is 5.29. The Morgan fingerprint density at radius 2 is 1.93 bits per heavy atom. The number of hydrazine groups is 1. The number of hydrogen-bond acceptors (Lipinski definition) is 4. The second-order valence-electron chi connectivity index (χ2n) is 5.41. The first-order valence-corrected chi connectivity index (χ1v) is 5.36. The van der Waals surface area contributed by atoms with E-state index in [0.717, 1.165) is 13.1 Å². The number of carbonyl (C=O) groups excluding carboxylic acids is 1. The zero-order valence-electron chi connectivity index (χ0n) is 9.49. The lowest BCUT2D eigenvalue weighted by molar-refractivity contribution is 0.0269. The number of carbonyl (C=O) groups is 1. The highest BCUT2D eigenvalue weighted by Gasteiger charge is 2.56. The molecule has 0 aromatic rings. The predicted molar refractivity (Wildman–Crippen MR) is 55.9 cm³/mol. The smallest absolute Gasteiger partial charge is 0.410 e. The molecule has 1 aliphatic carbocycles. The average molecular weight is 213 g/mol. The Kier molecular flexibility index (Phi) is 2.39. The zero-order chi connectivity index (χ0) is 11.2. The van der Waals surface area contributed by atoms with Gasteiger partial charge >= 0.3 is 6.09 Å². The summed E-state index contributed by atoms with van der Waals surface area (Å²) in [6.07, 6.45) is -0.203. The highest BCUT2D eigenvalue weighted by molar-refractivity contribution is 5.69. The van der Waals surface area contributed by atoms with Crippen molar-refractivity contribution in [3.63, 3.8) is 0 Å². The van der Waals surface area contributed by atoms with Crippen LogP contribution in [0, 0.1) is 11.8 Å². The predicted octanol–water partition coefficient (Wildman–Crippen LogP) is 0.315.